The predicted octanol–water partition coefficient (Wildman–Crippen LogP) is 4.07. The first-order valence-electron chi connectivity index (χ1n) is 11.6. The van der Waals surface area contributed by atoms with Gasteiger partial charge in [0.05, 0.1) is 17.9 Å². The first-order valence-corrected chi connectivity index (χ1v) is 11.6. The van der Waals surface area contributed by atoms with Crippen LogP contribution in [0.2, 0.25) is 0 Å². The van der Waals surface area contributed by atoms with Crippen LogP contribution in [0.15, 0.2) is 30.5 Å². The average molecular weight is 423 g/mol. The molecule has 6 heteroatoms. The van der Waals surface area contributed by atoms with Crippen LogP contribution in [0.5, 0.6) is 0 Å². The molecule has 1 aromatic carbocycles. The minimum atomic E-state index is -0.00379. The fourth-order valence-corrected chi connectivity index (χ4v) is 4.63. The third-order valence-corrected chi connectivity index (χ3v) is 6.53. The highest BCUT2D eigenvalue weighted by atomic mass is 16.2. The number of nitrogens with zero attached hydrogens (tertiary/aromatic N) is 3. The van der Waals surface area contributed by atoms with Crippen molar-refractivity contribution in [1.29, 1.82) is 0 Å². The Labute approximate surface area is 185 Å². The molecule has 0 saturated carbocycles. The highest BCUT2D eigenvalue weighted by molar-refractivity contribution is 5.79. The van der Waals surface area contributed by atoms with Gasteiger partial charge in [0.15, 0.2) is 0 Å². The molecule has 0 radical (unpaired) electrons. The monoisotopic (exact) mass is 422 g/mol. The normalized spacial score (nSPS) is 19.3. The summed E-state index contributed by atoms with van der Waals surface area (Å²) in [5.41, 5.74) is 4.79. The topological polar surface area (TPSA) is 67.2 Å². The summed E-state index contributed by atoms with van der Waals surface area (Å²) in [5, 5.41) is 7.85. The number of carbonyl (C=O) groups excluding carboxylic acids is 2. The van der Waals surface area contributed by atoms with Crippen molar-refractivity contribution in [1.82, 2.24) is 20.0 Å². The number of piperidine rings is 1. The Morgan fingerprint density at radius 3 is 2.61 bits per heavy atom. The van der Waals surface area contributed by atoms with Crippen LogP contribution in [0.1, 0.15) is 82.2 Å². The molecule has 2 heterocycles. The zero-order valence-electron chi connectivity index (χ0n) is 19.0. The standard InChI is InChI=1S/C25H34N4O2/c1-25(2,3)18-10-12-19(13-11-18)29-22-8-6-7-21(20(22)17-26-29)27-23(30)14-16-28-15-5-4-9-24(28)31/h10-13,17,21H,4-9,14-16H2,1-3H3,(H,27,30)/t21-/m0/s1. The van der Waals surface area contributed by atoms with Gasteiger partial charge in [-0.1, -0.05) is 32.9 Å². The first-order chi connectivity index (χ1) is 14.8. The van der Waals surface area contributed by atoms with Crippen LogP contribution in [0.4, 0.5) is 0 Å². The molecule has 1 aliphatic heterocycles. The molecule has 4 rings (SSSR count). The molecule has 1 N–H and O–H groups in total. The van der Waals surface area contributed by atoms with Crippen molar-refractivity contribution in [2.24, 2.45) is 0 Å². The second-order valence-corrected chi connectivity index (χ2v) is 9.86. The van der Waals surface area contributed by atoms with Crippen LogP contribution >= 0.6 is 0 Å². The maximum absolute atomic E-state index is 12.6. The summed E-state index contributed by atoms with van der Waals surface area (Å²) in [6.07, 6.45) is 7.80. The molecule has 0 bridgehead atoms. The lowest BCUT2D eigenvalue weighted by atomic mass is 9.87. The Hall–Kier alpha value is -2.63. The molecule has 2 amide bonds. The molecule has 1 fully saturated rings. The third kappa shape index (κ3) is 4.83. The van der Waals surface area contributed by atoms with Crippen LogP contribution in [0, 0.1) is 0 Å². The zero-order chi connectivity index (χ0) is 22.0. The van der Waals surface area contributed by atoms with Crippen molar-refractivity contribution in [2.75, 3.05) is 13.1 Å². The second kappa shape index (κ2) is 8.85. The minimum absolute atomic E-state index is 0.00379. The van der Waals surface area contributed by atoms with Gasteiger partial charge < -0.3 is 10.2 Å². The first kappa shape index (κ1) is 21.6. The molecule has 0 unspecified atom stereocenters. The number of rotatable bonds is 5. The summed E-state index contributed by atoms with van der Waals surface area (Å²) in [7, 11) is 0. The second-order valence-electron chi connectivity index (χ2n) is 9.86. The van der Waals surface area contributed by atoms with Gasteiger partial charge in [-0.3, -0.25) is 9.59 Å². The molecule has 2 aromatic rings. The molecule has 2 aliphatic rings. The van der Waals surface area contributed by atoms with E-state index in [0.29, 0.717) is 19.4 Å². The molecule has 6 nitrogen and oxygen atoms in total. The van der Waals surface area contributed by atoms with Crippen LogP contribution in [0.25, 0.3) is 5.69 Å². The van der Waals surface area contributed by atoms with E-state index in [-0.39, 0.29) is 23.3 Å². The number of hydrogen-bond acceptors (Lipinski definition) is 3. The van der Waals surface area contributed by atoms with Gasteiger partial charge in [0.1, 0.15) is 0 Å². The number of carbonyl (C=O) groups is 2. The lowest BCUT2D eigenvalue weighted by molar-refractivity contribution is -0.133. The van der Waals surface area contributed by atoms with Gasteiger partial charge in [0, 0.05) is 37.2 Å². The van der Waals surface area contributed by atoms with Gasteiger partial charge in [-0.05, 0) is 55.2 Å². The number of fused-ring (bicyclic) bond motifs is 1. The molecule has 31 heavy (non-hydrogen) atoms. The maximum atomic E-state index is 12.6. The number of nitrogens with one attached hydrogen (secondary N) is 1. The van der Waals surface area contributed by atoms with E-state index in [1.54, 1.807) is 0 Å². The summed E-state index contributed by atoms with van der Waals surface area (Å²) in [5.74, 6) is 0.191. The van der Waals surface area contributed by atoms with E-state index in [4.69, 9.17) is 0 Å². The lowest BCUT2D eigenvalue weighted by Gasteiger charge is -2.27. The molecule has 0 spiro atoms. The van der Waals surface area contributed by atoms with Gasteiger partial charge in [0.25, 0.3) is 0 Å². The zero-order valence-corrected chi connectivity index (χ0v) is 19.0. The summed E-state index contributed by atoms with van der Waals surface area (Å²) < 4.78 is 2.02. The number of benzene rings is 1. The Morgan fingerprint density at radius 1 is 1.13 bits per heavy atom. The van der Waals surface area contributed by atoms with Gasteiger partial charge in [-0.2, -0.15) is 5.10 Å². The molecular weight excluding hydrogens is 388 g/mol. The Morgan fingerprint density at radius 2 is 1.90 bits per heavy atom. The highest BCUT2D eigenvalue weighted by Gasteiger charge is 2.27. The fraction of sp³-hybridized carbons (Fsp3) is 0.560. The molecule has 1 aliphatic carbocycles. The van der Waals surface area contributed by atoms with E-state index in [1.807, 2.05) is 15.8 Å². The maximum Gasteiger partial charge on any atom is 0.222 e. The summed E-state index contributed by atoms with van der Waals surface area (Å²) >= 11 is 0. The van der Waals surface area contributed by atoms with E-state index < -0.39 is 0 Å². The Kier molecular flexibility index (Phi) is 6.17. The van der Waals surface area contributed by atoms with Crippen LogP contribution < -0.4 is 5.32 Å². The van der Waals surface area contributed by atoms with Crippen molar-refractivity contribution in [3.05, 3.63) is 47.3 Å². The van der Waals surface area contributed by atoms with Crippen molar-refractivity contribution < 1.29 is 9.59 Å². The molecular formula is C25H34N4O2. The van der Waals surface area contributed by atoms with E-state index >= 15 is 0 Å². The largest absolute Gasteiger partial charge is 0.349 e. The molecule has 1 aromatic heterocycles. The molecule has 166 valence electrons. The molecule has 1 atom stereocenters. The minimum Gasteiger partial charge on any atom is -0.349 e. The van der Waals surface area contributed by atoms with E-state index in [1.165, 1.54) is 11.3 Å². The van der Waals surface area contributed by atoms with Crippen molar-refractivity contribution in [2.45, 2.75) is 77.2 Å². The van der Waals surface area contributed by atoms with Crippen LogP contribution in [-0.2, 0) is 21.4 Å². The van der Waals surface area contributed by atoms with Crippen molar-refractivity contribution in [3.8, 4) is 5.69 Å². The summed E-state index contributed by atoms with van der Waals surface area (Å²) in [4.78, 5) is 26.4. The van der Waals surface area contributed by atoms with Gasteiger partial charge in [-0.15, -0.1) is 0 Å². The van der Waals surface area contributed by atoms with Crippen LogP contribution in [0.3, 0.4) is 0 Å². The highest BCUT2D eigenvalue weighted by Crippen LogP contribution is 2.32. The van der Waals surface area contributed by atoms with Gasteiger partial charge in [0.2, 0.25) is 11.8 Å². The SMILES string of the molecule is CC(C)(C)c1ccc(-n2ncc3c2CCC[C@@H]3NC(=O)CCN2CCCCC2=O)cc1. The van der Waals surface area contributed by atoms with Crippen molar-refractivity contribution in [3.63, 3.8) is 0 Å². The van der Waals surface area contributed by atoms with E-state index in [2.05, 4.69) is 55.5 Å². The van der Waals surface area contributed by atoms with Crippen LogP contribution in [-0.4, -0.2) is 39.6 Å². The Bertz CT molecular complexity index is 939. The summed E-state index contributed by atoms with van der Waals surface area (Å²) in [6.45, 7) is 7.94. The smallest absolute Gasteiger partial charge is 0.222 e. The Balaban J connectivity index is 1.42. The number of aromatic nitrogens is 2. The van der Waals surface area contributed by atoms with Gasteiger partial charge in [-0.25, -0.2) is 4.68 Å². The van der Waals surface area contributed by atoms with E-state index in [9.17, 15) is 9.59 Å². The number of amides is 2. The predicted molar refractivity (Wildman–Crippen MR) is 121 cm³/mol. The quantitative estimate of drug-likeness (QED) is 0.790. The fourth-order valence-electron chi connectivity index (χ4n) is 4.63. The molecule has 1 saturated heterocycles. The van der Waals surface area contributed by atoms with Gasteiger partial charge >= 0.3 is 0 Å². The lowest BCUT2D eigenvalue weighted by Crippen LogP contribution is -2.39. The van der Waals surface area contributed by atoms with E-state index in [0.717, 1.165) is 49.9 Å². The third-order valence-electron chi connectivity index (χ3n) is 6.53. The average Bonchev–Trinajstić information content (AvgIpc) is 3.18. The summed E-state index contributed by atoms with van der Waals surface area (Å²) in [6, 6.07) is 8.61. The number of likely N-dealkylation sites (tertiary alicyclic amines) is 1. The van der Waals surface area contributed by atoms with Crippen molar-refractivity contribution >= 4 is 11.8 Å². The number of hydrogen-bond donors (Lipinski definition) is 1.